The van der Waals surface area contributed by atoms with Gasteiger partial charge >= 0.3 is 0 Å². The highest BCUT2D eigenvalue weighted by atomic mass is 16.5. The molecule has 0 aliphatic carbocycles. The third-order valence-corrected chi connectivity index (χ3v) is 5.22. The van der Waals surface area contributed by atoms with Crippen molar-refractivity contribution in [2.24, 2.45) is 0 Å². The summed E-state index contributed by atoms with van der Waals surface area (Å²) in [5.74, 6) is 1.79. The molecule has 4 rings (SSSR count). The second-order valence-electron chi connectivity index (χ2n) is 7.27. The Hall–Kier alpha value is -2.37. The van der Waals surface area contributed by atoms with E-state index >= 15 is 0 Å². The lowest BCUT2D eigenvalue weighted by molar-refractivity contribution is 0.183. The van der Waals surface area contributed by atoms with E-state index in [-0.39, 0.29) is 0 Å². The van der Waals surface area contributed by atoms with E-state index in [1.165, 1.54) is 18.4 Å². The third-order valence-electron chi connectivity index (χ3n) is 5.22. The number of nitrogens with one attached hydrogen (secondary N) is 1. The predicted molar refractivity (Wildman–Crippen MR) is 107 cm³/mol. The molecule has 0 radical (unpaired) electrons. The van der Waals surface area contributed by atoms with Crippen LogP contribution < -0.4 is 14.8 Å². The molecule has 2 aliphatic heterocycles. The van der Waals surface area contributed by atoms with E-state index in [0.29, 0.717) is 12.6 Å². The fourth-order valence-corrected chi connectivity index (χ4v) is 3.79. The first kappa shape index (κ1) is 18.0. The lowest BCUT2D eigenvalue weighted by Crippen LogP contribution is -2.46. The number of ether oxygens (including phenoxy) is 2. The van der Waals surface area contributed by atoms with E-state index in [0.717, 1.165) is 48.9 Å². The maximum atomic E-state index is 5.89. The van der Waals surface area contributed by atoms with Gasteiger partial charge in [-0.15, -0.1) is 0 Å². The molecule has 1 fully saturated rings. The lowest BCUT2D eigenvalue weighted by Gasteiger charge is -2.33. The van der Waals surface area contributed by atoms with Gasteiger partial charge in [0, 0.05) is 37.4 Å². The molecule has 1 N–H and O–H groups in total. The molecule has 1 aromatic carbocycles. The van der Waals surface area contributed by atoms with Gasteiger partial charge in [0.25, 0.3) is 0 Å². The summed E-state index contributed by atoms with van der Waals surface area (Å²) in [6.07, 6.45) is 6.54. The molecule has 0 unspecified atom stereocenters. The Labute approximate surface area is 161 Å². The summed E-state index contributed by atoms with van der Waals surface area (Å²) < 4.78 is 11.2. The Kier molecular flexibility index (Phi) is 5.70. The van der Waals surface area contributed by atoms with Crippen LogP contribution in [0.4, 0.5) is 0 Å². The second kappa shape index (κ2) is 8.55. The highest BCUT2D eigenvalue weighted by Crippen LogP contribution is 2.29. The number of piperidine rings is 1. The molecule has 142 valence electrons. The minimum absolute atomic E-state index is 0.509. The topological polar surface area (TPSA) is 46.6 Å². The predicted octanol–water partition coefficient (Wildman–Crippen LogP) is 3.12. The summed E-state index contributed by atoms with van der Waals surface area (Å²) in [5, 5.41) is 3.72. The normalized spacial score (nSPS) is 19.7. The van der Waals surface area contributed by atoms with Crippen LogP contribution in [0.3, 0.4) is 0 Å². The minimum Gasteiger partial charge on any atom is -0.497 e. The molecule has 0 saturated carbocycles. The van der Waals surface area contributed by atoms with Crippen molar-refractivity contribution in [3.05, 3.63) is 59.4 Å². The van der Waals surface area contributed by atoms with Crippen LogP contribution in [0.1, 0.15) is 24.1 Å². The maximum Gasteiger partial charge on any atom is 0.127 e. The average Bonchev–Trinajstić information content (AvgIpc) is 2.72. The van der Waals surface area contributed by atoms with Crippen LogP contribution in [0.15, 0.2) is 48.2 Å². The molecule has 2 aromatic rings. The monoisotopic (exact) mass is 365 g/mol. The van der Waals surface area contributed by atoms with E-state index < -0.39 is 0 Å². The number of nitrogens with zero attached hydrogens (tertiary/aromatic N) is 2. The zero-order chi connectivity index (χ0) is 18.5. The zero-order valence-electron chi connectivity index (χ0n) is 15.9. The first-order valence-corrected chi connectivity index (χ1v) is 9.66. The molecular formula is C22H27N3O2. The van der Waals surface area contributed by atoms with Crippen molar-refractivity contribution >= 4 is 6.08 Å². The summed E-state index contributed by atoms with van der Waals surface area (Å²) in [5.41, 5.74) is 3.52. The van der Waals surface area contributed by atoms with E-state index in [1.807, 2.05) is 30.5 Å². The largest absolute Gasteiger partial charge is 0.497 e. The highest BCUT2D eigenvalue weighted by molar-refractivity contribution is 5.64. The number of rotatable bonds is 6. The Morgan fingerprint density at radius 3 is 3.11 bits per heavy atom. The molecule has 5 heteroatoms. The number of hydrogen-bond acceptors (Lipinski definition) is 5. The SMILES string of the molecule is COc1ccc2c(c1)C=C(CN[C@H]1CCCN(Cc3ccccn3)C1)CO2. The number of fused-ring (bicyclic) bond motifs is 1. The smallest absolute Gasteiger partial charge is 0.127 e. The first-order chi connectivity index (χ1) is 13.3. The van der Waals surface area contributed by atoms with Gasteiger partial charge in [0.05, 0.1) is 12.8 Å². The number of methoxy groups -OCH3 is 1. The van der Waals surface area contributed by atoms with Crippen molar-refractivity contribution in [1.29, 1.82) is 0 Å². The Morgan fingerprint density at radius 1 is 1.30 bits per heavy atom. The number of aromatic nitrogens is 1. The third kappa shape index (κ3) is 4.67. The molecule has 27 heavy (non-hydrogen) atoms. The number of pyridine rings is 1. The molecule has 0 spiro atoms. The molecular weight excluding hydrogens is 338 g/mol. The van der Waals surface area contributed by atoms with Gasteiger partial charge in [-0.05, 0) is 61.4 Å². The molecule has 3 heterocycles. The van der Waals surface area contributed by atoms with Gasteiger partial charge in [-0.1, -0.05) is 6.07 Å². The molecule has 0 amide bonds. The van der Waals surface area contributed by atoms with Crippen molar-refractivity contribution in [1.82, 2.24) is 15.2 Å². The molecule has 2 aliphatic rings. The Morgan fingerprint density at radius 2 is 2.26 bits per heavy atom. The maximum absolute atomic E-state index is 5.89. The summed E-state index contributed by atoms with van der Waals surface area (Å²) in [7, 11) is 1.69. The molecule has 1 aromatic heterocycles. The van der Waals surface area contributed by atoms with E-state index in [2.05, 4.69) is 33.4 Å². The van der Waals surface area contributed by atoms with Crippen LogP contribution in [-0.4, -0.2) is 49.3 Å². The Balaban J connectivity index is 1.32. The van der Waals surface area contributed by atoms with Crippen molar-refractivity contribution in [3.8, 4) is 11.5 Å². The summed E-state index contributed by atoms with van der Waals surface area (Å²) >= 11 is 0. The molecule has 5 nitrogen and oxygen atoms in total. The van der Waals surface area contributed by atoms with Gasteiger partial charge in [-0.3, -0.25) is 9.88 Å². The average molecular weight is 365 g/mol. The molecule has 0 bridgehead atoms. The van der Waals surface area contributed by atoms with E-state index in [1.54, 1.807) is 7.11 Å². The fourth-order valence-electron chi connectivity index (χ4n) is 3.79. The number of likely N-dealkylation sites (tertiary alicyclic amines) is 1. The first-order valence-electron chi connectivity index (χ1n) is 9.66. The van der Waals surface area contributed by atoms with Crippen molar-refractivity contribution < 1.29 is 9.47 Å². The summed E-state index contributed by atoms with van der Waals surface area (Å²) in [6.45, 7) is 4.65. The van der Waals surface area contributed by atoms with Crippen molar-refractivity contribution in [2.45, 2.75) is 25.4 Å². The minimum atomic E-state index is 0.509. The molecule has 1 atom stereocenters. The Bertz CT molecular complexity index is 791. The van der Waals surface area contributed by atoms with Crippen LogP contribution in [-0.2, 0) is 6.54 Å². The highest BCUT2D eigenvalue weighted by Gasteiger charge is 2.21. The van der Waals surface area contributed by atoms with Gasteiger partial charge in [-0.2, -0.15) is 0 Å². The number of benzene rings is 1. The quantitative estimate of drug-likeness (QED) is 0.852. The molecule has 1 saturated heterocycles. The van der Waals surface area contributed by atoms with Gasteiger partial charge < -0.3 is 14.8 Å². The lowest BCUT2D eigenvalue weighted by atomic mass is 10.0. The van der Waals surface area contributed by atoms with Gasteiger partial charge in [0.2, 0.25) is 0 Å². The second-order valence-corrected chi connectivity index (χ2v) is 7.27. The van der Waals surface area contributed by atoms with Gasteiger partial charge in [0.1, 0.15) is 18.1 Å². The zero-order valence-corrected chi connectivity index (χ0v) is 15.9. The van der Waals surface area contributed by atoms with Gasteiger partial charge in [0.15, 0.2) is 0 Å². The summed E-state index contributed by atoms with van der Waals surface area (Å²) in [4.78, 5) is 6.95. The van der Waals surface area contributed by atoms with Crippen LogP contribution in [0.25, 0.3) is 6.08 Å². The van der Waals surface area contributed by atoms with Crippen LogP contribution in [0.5, 0.6) is 11.5 Å². The van der Waals surface area contributed by atoms with Crippen LogP contribution in [0, 0.1) is 0 Å². The van der Waals surface area contributed by atoms with Crippen LogP contribution >= 0.6 is 0 Å². The van der Waals surface area contributed by atoms with Crippen molar-refractivity contribution in [3.63, 3.8) is 0 Å². The fraction of sp³-hybridized carbons (Fsp3) is 0.409. The standard InChI is InChI=1S/C22H27N3O2/c1-26-21-7-8-22-18(12-21)11-17(16-27-22)13-24-20-6-4-10-25(15-20)14-19-5-2-3-9-23-19/h2-3,5,7-9,11-12,20,24H,4,6,10,13-16H2,1H3/t20-/m0/s1. The van der Waals surface area contributed by atoms with Gasteiger partial charge in [-0.25, -0.2) is 0 Å². The van der Waals surface area contributed by atoms with E-state index in [9.17, 15) is 0 Å². The van der Waals surface area contributed by atoms with E-state index in [4.69, 9.17) is 9.47 Å². The number of hydrogen-bond donors (Lipinski definition) is 1. The summed E-state index contributed by atoms with van der Waals surface area (Å²) in [6, 6.07) is 12.6. The van der Waals surface area contributed by atoms with Crippen molar-refractivity contribution in [2.75, 3.05) is 33.4 Å². The van der Waals surface area contributed by atoms with Crippen LogP contribution in [0.2, 0.25) is 0 Å².